The van der Waals surface area contributed by atoms with E-state index < -0.39 is 10.0 Å². The molecular weight excluding hydrogens is 280 g/mol. The van der Waals surface area contributed by atoms with Gasteiger partial charge in [-0.15, -0.1) is 0 Å². The van der Waals surface area contributed by atoms with Crippen molar-refractivity contribution in [3.8, 4) is 0 Å². The lowest BCUT2D eigenvalue weighted by molar-refractivity contribution is 0.600. The molecule has 0 aromatic carbocycles. The molecule has 0 aliphatic carbocycles. The third kappa shape index (κ3) is 2.36. The van der Waals surface area contributed by atoms with Crippen molar-refractivity contribution in [2.24, 2.45) is 14.1 Å². The van der Waals surface area contributed by atoms with E-state index in [4.69, 9.17) is 5.73 Å². The highest BCUT2D eigenvalue weighted by atomic mass is 32.2. The predicted octanol–water partition coefficient (Wildman–Crippen LogP) is 0.407. The Hall–Kier alpha value is -2.03. The molecule has 9 heteroatoms. The van der Waals surface area contributed by atoms with Crippen LogP contribution >= 0.6 is 0 Å². The summed E-state index contributed by atoms with van der Waals surface area (Å²) in [6, 6.07) is 0. The van der Waals surface area contributed by atoms with E-state index in [1.54, 1.807) is 31.9 Å². The number of nitrogens with zero attached hydrogens (tertiary/aromatic N) is 4. The van der Waals surface area contributed by atoms with Crippen molar-refractivity contribution in [3.05, 3.63) is 17.6 Å². The van der Waals surface area contributed by atoms with E-state index >= 15 is 0 Å². The lowest BCUT2D eigenvalue weighted by Crippen LogP contribution is -2.15. The summed E-state index contributed by atoms with van der Waals surface area (Å²) in [5.41, 5.74) is 7.30. The highest BCUT2D eigenvalue weighted by Gasteiger charge is 2.26. The minimum Gasteiger partial charge on any atom is -0.381 e. The Morgan fingerprint density at radius 2 is 2.00 bits per heavy atom. The second kappa shape index (κ2) is 4.82. The lowest BCUT2D eigenvalue weighted by Gasteiger charge is -2.07. The van der Waals surface area contributed by atoms with Crippen molar-refractivity contribution in [3.63, 3.8) is 0 Å². The van der Waals surface area contributed by atoms with Crippen LogP contribution in [-0.2, 0) is 30.5 Å². The van der Waals surface area contributed by atoms with E-state index in [9.17, 15) is 8.42 Å². The van der Waals surface area contributed by atoms with Crippen LogP contribution in [0.1, 0.15) is 18.3 Å². The summed E-state index contributed by atoms with van der Waals surface area (Å²) in [5, 5.41) is 8.12. The van der Waals surface area contributed by atoms with E-state index in [-0.39, 0.29) is 10.7 Å². The number of aromatic nitrogens is 4. The first-order chi connectivity index (χ1) is 9.26. The maximum atomic E-state index is 12.5. The van der Waals surface area contributed by atoms with Crippen LogP contribution in [0, 0.1) is 6.92 Å². The lowest BCUT2D eigenvalue weighted by atomic mass is 10.3. The van der Waals surface area contributed by atoms with Gasteiger partial charge in [-0.2, -0.15) is 10.2 Å². The van der Waals surface area contributed by atoms with Crippen LogP contribution in [0.4, 0.5) is 11.5 Å². The van der Waals surface area contributed by atoms with Crippen molar-refractivity contribution in [1.29, 1.82) is 0 Å². The SMILES string of the molecule is CCc1nn(C)cc1NS(=O)(=O)c1c(N)nn(C)c1C. The number of nitrogens with two attached hydrogens (primary N) is 1. The molecule has 20 heavy (non-hydrogen) atoms. The molecule has 2 aromatic heterocycles. The van der Waals surface area contributed by atoms with Crippen LogP contribution in [0.25, 0.3) is 0 Å². The molecule has 0 bridgehead atoms. The summed E-state index contributed by atoms with van der Waals surface area (Å²) in [7, 11) is -0.403. The molecule has 110 valence electrons. The number of nitrogens with one attached hydrogen (secondary N) is 1. The van der Waals surface area contributed by atoms with E-state index in [0.717, 1.165) is 0 Å². The van der Waals surface area contributed by atoms with Gasteiger partial charge >= 0.3 is 0 Å². The molecule has 2 aromatic rings. The monoisotopic (exact) mass is 298 g/mol. The fourth-order valence-electron chi connectivity index (χ4n) is 2.02. The topological polar surface area (TPSA) is 108 Å². The zero-order valence-corrected chi connectivity index (χ0v) is 12.7. The summed E-state index contributed by atoms with van der Waals surface area (Å²) in [6.45, 7) is 3.56. The first-order valence-electron chi connectivity index (χ1n) is 6.10. The molecule has 0 spiro atoms. The summed E-state index contributed by atoms with van der Waals surface area (Å²) in [6.07, 6.45) is 2.25. The van der Waals surface area contributed by atoms with Gasteiger partial charge in [-0.05, 0) is 13.3 Å². The number of sulfonamides is 1. The molecule has 8 nitrogen and oxygen atoms in total. The zero-order chi connectivity index (χ0) is 15.1. The van der Waals surface area contributed by atoms with Crippen molar-refractivity contribution in [1.82, 2.24) is 19.6 Å². The smallest absolute Gasteiger partial charge is 0.267 e. The van der Waals surface area contributed by atoms with Gasteiger partial charge in [0, 0.05) is 20.3 Å². The maximum Gasteiger partial charge on any atom is 0.267 e. The fourth-order valence-corrected chi connectivity index (χ4v) is 3.42. The van der Waals surface area contributed by atoms with Crippen LogP contribution in [0.2, 0.25) is 0 Å². The molecule has 0 fully saturated rings. The van der Waals surface area contributed by atoms with E-state index in [0.29, 0.717) is 23.5 Å². The molecule has 2 rings (SSSR count). The minimum atomic E-state index is -3.78. The third-order valence-corrected chi connectivity index (χ3v) is 4.59. The van der Waals surface area contributed by atoms with Gasteiger partial charge in [0.2, 0.25) is 0 Å². The number of hydrogen-bond donors (Lipinski definition) is 2. The number of nitrogen functional groups attached to an aromatic ring is 1. The van der Waals surface area contributed by atoms with E-state index in [1.807, 2.05) is 6.92 Å². The molecule has 0 radical (unpaired) electrons. The first kappa shape index (κ1) is 14.4. The van der Waals surface area contributed by atoms with Crippen LogP contribution < -0.4 is 10.5 Å². The highest BCUT2D eigenvalue weighted by molar-refractivity contribution is 7.93. The zero-order valence-electron chi connectivity index (χ0n) is 11.9. The van der Waals surface area contributed by atoms with Crippen molar-refractivity contribution >= 4 is 21.5 Å². The molecule has 0 saturated carbocycles. The Labute approximate surface area is 117 Å². The fraction of sp³-hybridized carbons (Fsp3) is 0.455. The van der Waals surface area contributed by atoms with Gasteiger partial charge < -0.3 is 5.73 Å². The van der Waals surface area contributed by atoms with Gasteiger partial charge in [-0.25, -0.2) is 8.42 Å². The highest BCUT2D eigenvalue weighted by Crippen LogP contribution is 2.25. The number of rotatable bonds is 4. The summed E-state index contributed by atoms with van der Waals surface area (Å²) in [5.74, 6) is -0.0144. The largest absolute Gasteiger partial charge is 0.381 e. The molecule has 0 saturated heterocycles. The number of aryl methyl sites for hydroxylation is 3. The second-order valence-corrected chi connectivity index (χ2v) is 6.16. The Bertz CT molecular complexity index is 743. The van der Waals surface area contributed by atoms with Gasteiger partial charge in [0.1, 0.15) is 0 Å². The standard InChI is InChI=1S/C11H18N6O2S/c1-5-8-9(6-16(3)13-8)15-20(18,19)10-7(2)17(4)14-11(10)12/h6,15H,5H2,1-4H3,(H2,12,14). The van der Waals surface area contributed by atoms with Crippen LogP contribution in [0.15, 0.2) is 11.1 Å². The average Bonchev–Trinajstić information content (AvgIpc) is 2.79. The van der Waals surface area contributed by atoms with Gasteiger partial charge in [-0.3, -0.25) is 14.1 Å². The Morgan fingerprint density at radius 3 is 2.50 bits per heavy atom. The number of hydrogen-bond acceptors (Lipinski definition) is 5. The van der Waals surface area contributed by atoms with Gasteiger partial charge in [-0.1, -0.05) is 6.92 Å². The molecular formula is C11H18N6O2S. The molecule has 2 heterocycles. The third-order valence-electron chi connectivity index (χ3n) is 3.06. The van der Waals surface area contributed by atoms with Gasteiger partial charge in [0.05, 0.1) is 17.1 Å². The van der Waals surface area contributed by atoms with E-state index in [2.05, 4.69) is 14.9 Å². The van der Waals surface area contributed by atoms with E-state index in [1.165, 1.54) is 4.68 Å². The van der Waals surface area contributed by atoms with Crippen molar-refractivity contribution in [2.75, 3.05) is 10.5 Å². The molecule has 0 atom stereocenters. The van der Waals surface area contributed by atoms with Crippen molar-refractivity contribution < 1.29 is 8.42 Å². The van der Waals surface area contributed by atoms with Crippen LogP contribution in [0.3, 0.4) is 0 Å². The average molecular weight is 298 g/mol. The van der Waals surface area contributed by atoms with Gasteiger partial charge in [0.15, 0.2) is 10.7 Å². The minimum absolute atomic E-state index is 0.00547. The van der Waals surface area contributed by atoms with Crippen LogP contribution in [-0.4, -0.2) is 28.0 Å². The van der Waals surface area contributed by atoms with Crippen LogP contribution in [0.5, 0.6) is 0 Å². The summed E-state index contributed by atoms with van der Waals surface area (Å²) < 4.78 is 30.4. The first-order valence-corrected chi connectivity index (χ1v) is 7.59. The predicted molar refractivity (Wildman–Crippen MR) is 75.8 cm³/mol. The molecule has 0 amide bonds. The Balaban J connectivity index is 2.46. The normalized spacial score (nSPS) is 11.8. The molecule has 0 aliphatic heterocycles. The maximum absolute atomic E-state index is 12.5. The molecule has 3 N–H and O–H groups in total. The summed E-state index contributed by atoms with van der Waals surface area (Å²) >= 11 is 0. The Morgan fingerprint density at radius 1 is 1.35 bits per heavy atom. The Kier molecular flexibility index (Phi) is 3.46. The summed E-state index contributed by atoms with van der Waals surface area (Å²) in [4.78, 5) is 0.00547. The van der Waals surface area contributed by atoms with Gasteiger partial charge in [0.25, 0.3) is 10.0 Å². The molecule has 0 unspecified atom stereocenters. The second-order valence-electron chi connectivity index (χ2n) is 4.55. The number of anilines is 2. The quantitative estimate of drug-likeness (QED) is 0.850. The van der Waals surface area contributed by atoms with Crippen molar-refractivity contribution in [2.45, 2.75) is 25.2 Å². The molecule has 0 aliphatic rings.